The maximum absolute atomic E-state index is 7.33. The van der Waals surface area contributed by atoms with E-state index in [4.69, 9.17) is 4.74 Å². The van der Waals surface area contributed by atoms with Crippen molar-refractivity contribution in [1.82, 2.24) is 0 Å². The molecule has 2 saturated carbocycles. The van der Waals surface area contributed by atoms with E-state index in [0.29, 0.717) is 5.92 Å². The zero-order chi connectivity index (χ0) is 22.3. The summed E-state index contributed by atoms with van der Waals surface area (Å²) in [5, 5.41) is 0. The van der Waals surface area contributed by atoms with Crippen LogP contribution in [0.4, 0.5) is 0 Å². The summed E-state index contributed by atoms with van der Waals surface area (Å²) in [5.74, 6) is 2.54. The summed E-state index contributed by atoms with van der Waals surface area (Å²) in [6.45, 7) is 9.35. The van der Waals surface area contributed by atoms with Crippen molar-refractivity contribution < 1.29 is 4.74 Å². The first kappa shape index (κ1) is 22.1. The molecule has 3 aliphatic rings. The number of aryl methyl sites for hydroxylation is 3. The van der Waals surface area contributed by atoms with Gasteiger partial charge in [0.2, 0.25) is 0 Å². The van der Waals surface area contributed by atoms with Crippen LogP contribution in [0, 0.1) is 32.6 Å². The van der Waals surface area contributed by atoms with Gasteiger partial charge in [-0.3, -0.25) is 0 Å². The van der Waals surface area contributed by atoms with E-state index in [0.717, 1.165) is 12.3 Å². The molecule has 172 valence electrons. The number of rotatable bonds is 3. The minimum atomic E-state index is -0.203. The third-order valence-electron chi connectivity index (χ3n) is 9.28. The van der Waals surface area contributed by atoms with Gasteiger partial charge < -0.3 is 4.74 Å². The zero-order valence-corrected chi connectivity index (χ0v) is 20.8. The molecule has 1 heterocycles. The van der Waals surface area contributed by atoms with Crippen molar-refractivity contribution in [2.45, 2.75) is 109 Å². The molecule has 0 N–H and O–H groups in total. The van der Waals surface area contributed by atoms with Crippen LogP contribution >= 0.6 is 0 Å². The van der Waals surface area contributed by atoms with Gasteiger partial charge in [-0.1, -0.05) is 81.3 Å². The predicted octanol–water partition coefficient (Wildman–Crippen LogP) is 8.71. The molecule has 2 aromatic carbocycles. The van der Waals surface area contributed by atoms with Crippen LogP contribution in [0.5, 0.6) is 5.75 Å². The Hall–Kier alpha value is -1.76. The van der Waals surface area contributed by atoms with Crippen LogP contribution < -0.4 is 4.74 Å². The second-order valence-corrected chi connectivity index (χ2v) is 11.6. The highest BCUT2D eigenvalue weighted by molar-refractivity contribution is 5.48. The number of hydrogen-bond donors (Lipinski definition) is 0. The highest BCUT2D eigenvalue weighted by Crippen LogP contribution is 2.59. The molecule has 2 unspecified atom stereocenters. The minimum absolute atomic E-state index is 0.177. The third kappa shape index (κ3) is 3.70. The molecule has 2 fully saturated rings. The van der Waals surface area contributed by atoms with E-state index in [-0.39, 0.29) is 11.0 Å². The van der Waals surface area contributed by atoms with Crippen molar-refractivity contribution in [3.05, 3.63) is 64.2 Å². The van der Waals surface area contributed by atoms with Gasteiger partial charge in [0.1, 0.15) is 11.4 Å². The van der Waals surface area contributed by atoms with Crippen LogP contribution in [0.15, 0.2) is 36.4 Å². The highest BCUT2D eigenvalue weighted by Gasteiger charge is 2.55. The predicted molar refractivity (Wildman–Crippen MR) is 135 cm³/mol. The number of ether oxygens (including phenoxy) is 1. The molecule has 2 atom stereocenters. The second-order valence-electron chi connectivity index (χ2n) is 11.6. The molecule has 2 aromatic rings. The molecule has 1 nitrogen and oxygen atoms in total. The average Bonchev–Trinajstić information content (AvgIpc) is 2.80. The first-order chi connectivity index (χ1) is 15.4. The number of benzene rings is 2. The van der Waals surface area contributed by atoms with Gasteiger partial charge in [-0.25, -0.2) is 0 Å². The molecule has 0 saturated heterocycles. The molecule has 0 spiro atoms. The lowest BCUT2D eigenvalue weighted by Crippen LogP contribution is -2.53. The van der Waals surface area contributed by atoms with Crippen LogP contribution in [-0.2, 0) is 11.0 Å². The molecule has 5 rings (SSSR count). The Balaban J connectivity index is 1.71. The molecule has 32 heavy (non-hydrogen) atoms. The maximum Gasteiger partial charge on any atom is 0.138 e. The molecule has 1 aliphatic heterocycles. The van der Waals surface area contributed by atoms with E-state index in [1.165, 1.54) is 97.8 Å². The molecule has 0 aromatic heterocycles. The van der Waals surface area contributed by atoms with Gasteiger partial charge >= 0.3 is 0 Å². The second kappa shape index (κ2) is 8.54. The normalized spacial score (nSPS) is 29.4. The van der Waals surface area contributed by atoms with E-state index in [2.05, 4.69) is 64.1 Å². The summed E-state index contributed by atoms with van der Waals surface area (Å²) in [7, 11) is 0. The van der Waals surface area contributed by atoms with Gasteiger partial charge in [-0.15, -0.1) is 0 Å². The van der Waals surface area contributed by atoms with Gasteiger partial charge in [0, 0.05) is 23.3 Å². The van der Waals surface area contributed by atoms with Crippen molar-refractivity contribution in [3.8, 4) is 5.75 Å². The first-order valence-corrected chi connectivity index (χ1v) is 13.3. The van der Waals surface area contributed by atoms with Crippen LogP contribution in [0.2, 0.25) is 0 Å². The van der Waals surface area contributed by atoms with E-state index in [1.54, 1.807) is 0 Å². The fourth-order valence-corrected chi connectivity index (χ4v) is 7.62. The molecular weight excluding hydrogens is 388 g/mol. The lowest BCUT2D eigenvalue weighted by atomic mass is 9.56. The van der Waals surface area contributed by atoms with Crippen molar-refractivity contribution in [1.29, 1.82) is 0 Å². The minimum Gasteiger partial charge on any atom is -0.482 e. The monoisotopic (exact) mass is 430 g/mol. The molecule has 2 aliphatic carbocycles. The summed E-state index contributed by atoms with van der Waals surface area (Å²) >= 11 is 0. The largest absolute Gasteiger partial charge is 0.482 e. The zero-order valence-electron chi connectivity index (χ0n) is 20.8. The highest BCUT2D eigenvalue weighted by atomic mass is 16.5. The smallest absolute Gasteiger partial charge is 0.138 e. The van der Waals surface area contributed by atoms with Gasteiger partial charge in [0.25, 0.3) is 0 Å². The van der Waals surface area contributed by atoms with E-state index < -0.39 is 0 Å². The average molecular weight is 431 g/mol. The Morgan fingerprint density at radius 3 is 1.88 bits per heavy atom. The van der Waals surface area contributed by atoms with Gasteiger partial charge in [0.15, 0.2) is 0 Å². The third-order valence-corrected chi connectivity index (χ3v) is 9.28. The summed E-state index contributed by atoms with van der Waals surface area (Å²) in [5.41, 5.74) is 7.00. The Morgan fingerprint density at radius 1 is 0.688 bits per heavy atom. The Bertz CT molecular complexity index is 962. The van der Waals surface area contributed by atoms with Gasteiger partial charge in [0.05, 0.1) is 0 Å². The van der Waals surface area contributed by atoms with Gasteiger partial charge in [-0.05, 0) is 75.1 Å². The molecule has 0 amide bonds. The summed E-state index contributed by atoms with van der Waals surface area (Å²) in [6.07, 6.45) is 14.8. The number of fused-ring (bicyclic) bond motifs is 1. The summed E-state index contributed by atoms with van der Waals surface area (Å²) in [6, 6.07) is 14.2. The Morgan fingerprint density at radius 2 is 1.25 bits per heavy atom. The lowest BCUT2D eigenvalue weighted by Gasteiger charge is -2.55. The van der Waals surface area contributed by atoms with Crippen LogP contribution in [0.3, 0.4) is 0 Å². The maximum atomic E-state index is 7.33. The van der Waals surface area contributed by atoms with Crippen LogP contribution in [-0.4, -0.2) is 0 Å². The lowest BCUT2D eigenvalue weighted by molar-refractivity contribution is -0.0671. The molecule has 0 bridgehead atoms. The van der Waals surface area contributed by atoms with Crippen LogP contribution in [0.1, 0.15) is 105 Å². The first-order valence-electron chi connectivity index (χ1n) is 13.3. The van der Waals surface area contributed by atoms with Crippen molar-refractivity contribution >= 4 is 0 Å². The fourth-order valence-electron chi connectivity index (χ4n) is 7.62. The summed E-state index contributed by atoms with van der Waals surface area (Å²) in [4.78, 5) is 0. The molecule has 1 heteroatoms. The quantitative estimate of drug-likeness (QED) is 0.473. The SMILES string of the molecule is Cc1ccc(C2(C3CCCCC3)CC(C)(C3CCCCC3)c3ccc(C)cc3O2)c(C)c1. The topological polar surface area (TPSA) is 9.23 Å². The Labute approximate surface area is 196 Å². The van der Waals surface area contributed by atoms with Crippen molar-refractivity contribution in [2.24, 2.45) is 11.8 Å². The standard InChI is InChI=1S/C31H42O/c1-22-15-17-27(24(3)19-22)31(26-13-9-6-10-14-26)21-30(4,25-11-7-5-8-12-25)28-18-16-23(2)20-29(28)32-31/h15-20,25-26H,5-14,21H2,1-4H3. The van der Waals surface area contributed by atoms with Crippen molar-refractivity contribution in [3.63, 3.8) is 0 Å². The summed E-state index contributed by atoms with van der Waals surface area (Å²) < 4.78 is 7.33. The van der Waals surface area contributed by atoms with E-state index in [1.807, 2.05) is 0 Å². The van der Waals surface area contributed by atoms with E-state index >= 15 is 0 Å². The molecule has 0 radical (unpaired) electrons. The fraction of sp³-hybridized carbons (Fsp3) is 0.613. The van der Waals surface area contributed by atoms with Gasteiger partial charge in [-0.2, -0.15) is 0 Å². The Kier molecular flexibility index (Phi) is 5.89. The van der Waals surface area contributed by atoms with E-state index in [9.17, 15) is 0 Å². The van der Waals surface area contributed by atoms with Crippen molar-refractivity contribution in [2.75, 3.05) is 0 Å². The molecular formula is C31H42O. The van der Waals surface area contributed by atoms with Crippen LogP contribution in [0.25, 0.3) is 0 Å². The number of hydrogen-bond acceptors (Lipinski definition) is 1.